The van der Waals surface area contributed by atoms with Crippen LogP contribution < -0.4 is 14.9 Å². The number of carbonyl (C=O) groups is 1. The number of benzene rings is 3. The normalized spacial score (nSPS) is 10.6. The van der Waals surface area contributed by atoms with Gasteiger partial charge in [0, 0.05) is 23.3 Å². The molecule has 1 amide bonds. The van der Waals surface area contributed by atoms with Crippen LogP contribution in [0.25, 0.3) is 0 Å². The van der Waals surface area contributed by atoms with Gasteiger partial charge in [0.1, 0.15) is 6.61 Å². The molecule has 0 aromatic heterocycles. The van der Waals surface area contributed by atoms with Crippen molar-refractivity contribution in [2.24, 2.45) is 5.10 Å². The van der Waals surface area contributed by atoms with Crippen molar-refractivity contribution in [2.45, 2.75) is 6.61 Å². The second kappa shape index (κ2) is 9.83. The Hall–Kier alpha value is -4.20. The number of non-ortho nitro benzene ring substituents is 1. The molecule has 0 aliphatic rings. The number of rotatable bonds is 8. The molecule has 0 aliphatic carbocycles. The highest BCUT2D eigenvalue weighted by molar-refractivity contribution is 5.95. The summed E-state index contributed by atoms with van der Waals surface area (Å²) in [5, 5.41) is 14.8. The van der Waals surface area contributed by atoms with Gasteiger partial charge in [0.15, 0.2) is 11.5 Å². The maximum absolute atomic E-state index is 12.1. The summed E-state index contributed by atoms with van der Waals surface area (Å²) in [7, 11) is 1.52. The monoisotopic (exact) mass is 405 g/mol. The SMILES string of the molecule is COc1cccc(/C=N/NC(=O)c2ccccc2)c1OCc1ccc([N+](=O)[O-])cc1. The van der Waals surface area contributed by atoms with Crippen LogP contribution in [-0.4, -0.2) is 24.2 Å². The summed E-state index contributed by atoms with van der Waals surface area (Å²) in [6.45, 7) is 0.176. The van der Waals surface area contributed by atoms with Crippen molar-refractivity contribution < 1.29 is 19.2 Å². The van der Waals surface area contributed by atoms with Crippen LogP contribution in [0.3, 0.4) is 0 Å². The highest BCUT2D eigenvalue weighted by atomic mass is 16.6. The third kappa shape index (κ3) is 5.20. The number of hydrogen-bond donors (Lipinski definition) is 1. The zero-order valence-corrected chi connectivity index (χ0v) is 16.1. The van der Waals surface area contributed by atoms with Crippen LogP contribution in [0.15, 0.2) is 77.9 Å². The molecule has 1 N–H and O–H groups in total. The summed E-state index contributed by atoms with van der Waals surface area (Å²) in [6, 6.07) is 20.1. The average Bonchev–Trinajstić information content (AvgIpc) is 2.78. The van der Waals surface area contributed by atoms with Crippen molar-refractivity contribution in [3.05, 3.63) is 99.6 Å². The van der Waals surface area contributed by atoms with Gasteiger partial charge in [-0.15, -0.1) is 0 Å². The minimum atomic E-state index is -0.455. The highest BCUT2D eigenvalue weighted by Crippen LogP contribution is 2.31. The van der Waals surface area contributed by atoms with E-state index in [-0.39, 0.29) is 18.2 Å². The maximum atomic E-state index is 12.1. The van der Waals surface area contributed by atoms with Gasteiger partial charge in [0.2, 0.25) is 0 Å². The van der Waals surface area contributed by atoms with E-state index >= 15 is 0 Å². The number of para-hydroxylation sites is 1. The van der Waals surface area contributed by atoms with Gasteiger partial charge in [-0.2, -0.15) is 5.10 Å². The van der Waals surface area contributed by atoms with Crippen molar-refractivity contribution in [3.8, 4) is 11.5 Å². The van der Waals surface area contributed by atoms with Crippen LogP contribution in [0.5, 0.6) is 11.5 Å². The van der Waals surface area contributed by atoms with E-state index in [0.717, 1.165) is 5.56 Å². The smallest absolute Gasteiger partial charge is 0.271 e. The lowest BCUT2D eigenvalue weighted by Gasteiger charge is -2.13. The predicted octanol–water partition coefficient (Wildman–Crippen LogP) is 3.95. The van der Waals surface area contributed by atoms with Crippen molar-refractivity contribution in [1.82, 2.24) is 5.43 Å². The quantitative estimate of drug-likeness (QED) is 0.347. The Balaban J connectivity index is 1.72. The highest BCUT2D eigenvalue weighted by Gasteiger charge is 2.11. The molecule has 0 saturated heterocycles. The van der Waals surface area contributed by atoms with Gasteiger partial charge in [-0.3, -0.25) is 14.9 Å². The first kappa shape index (κ1) is 20.5. The Labute approximate surface area is 172 Å². The Bertz CT molecular complexity index is 1050. The molecule has 0 spiro atoms. The molecule has 8 heteroatoms. The van der Waals surface area contributed by atoms with Crippen molar-refractivity contribution >= 4 is 17.8 Å². The molecule has 0 fully saturated rings. The van der Waals surface area contributed by atoms with E-state index in [1.807, 2.05) is 6.07 Å². The Morgan fingerprint density at radius 2 is 1.80 bits per heavy atom. The lowest BCUT2D eigenvalue weighted by molar-refractivity contribution is -0.384. The molecular weight excluding hydrogens is 386 g/mol. The molecule has 3 rings (SSSR count). The molecule has 3 aromatic carbocycles. The molecule has 152 valence electrons. The first-order valence-electron chi connectivity index (χ1n) is 9.00. The van der Waals surface area contributed by atoms with Crippen LogP contribution in [0.1, 0.15) is 21.5 Å². The first-order chi connectivity index (χ1) is 14.6. The van der Waals surface area contributed by atoms with Crippen LogP contribution in [-0.2, 0) is 6.61 Å². The lowest BCUT2D eigenvalue weighted by Crippen LogP contribution is -2.17. The van der Waals surface area contributed by atoms with Gasteiger partial charge >= 0.3 is 0 Å². The van der Waals surface area contributed by atoms with E-state index in [2.05, 4.69) is 10.5 Å². The molecule has 0 unspecified atom stereocenters. The topological polar surface area (TPSA) is 103 Å². The van der Waals surface area contributed by atoms with E-state index in [0.29, 0.717) is 22.6 Å². The van der Waals surface area contributed by atoms with Gasteiger partial charge in [-0.1, -0.05) is 24.3 Å². The standard InChI is InChI=1S/C22H19N3O5/c1-29-20-9-5-8-18(14-23-24-22(26)17-6-3-2-4-7-17)21(20)30-15-16-10-12-19(13-11-16)25(27)28/h2-14H,15H2,1H3,(H,24,26)/b23-14+. The van der Waals surface area contributed by atoms with Crippen LogP contribution in [0.2, 0.25) is 0 Å². The molecule has 8 nitrogen and oxygen atoms in total. The Morgan fingerprint density at radius 3 is 2.47 bits per heavy atom. The fraction of sp³-hybridized carbons (Fsp3) is 0.0909. The number of hydrogen-bond acceptors (Lipinski definition) is 6. The summed E-state index contributed by atoms with van der Waals surface area (Å²) in [5.74, 6) is 0.606. The second-order valence-electron chi connectivity index (χ2n) is 6.16. The lowest BCUT2D eigenvalue weighted by atomic mass is 10.2. The van der Waals surface area contributed by atoms with Crippen LogP contribution in [0.4, 0.5) is 5.69 Å². The maximum Gasteiger partial charge on any atom is 0.271 e. The van der Waals surface area contributed by atoms with E-state index in [9.17, 15) is 14.9 Å². The van der Waals surface area contributed by atoms with Crippen molar-refractivity contribution in [2.75, 3.05) is 7.11 Å². The third-order valence-electron chi connectivity index (χ3n) is 4.17. The minimum Gasteiger partial charge on any atom is -0.493 e. The number of nitro benzene ring substituents is 1. The average molecular weight is 405 g/mol. The molecule has 0 heterocycles. The molecule has 30 heavy (non-hydrogen) atoms. The number of carbonyl (C=O) groups excluding carboxylic acids is 1. The summed E-state index contributed by atoms with van der Waals surface area (Å²) in [6.07, 6.45) is 1.47. The third-order valence-corrected chi connectivity index (χ3v) is 4.17. The first-order valence-corrected chi connectivity index (χ1v) is 9.00. The van der Waals surface area contributed by atoms with Crippen LogP contribution >= 0.6 is 0 Å². The van der Waals surface area contributed by atoms with Crippen molar-refractivity contribution in [1.29, 1.82) is 0 Å². The number of ether oxygens (including phenoxy) is 2. The summed E-state index contributed by atoms with van der Waals surface area (Å²) in [5.41, 5.74) is 4.34. The summed E-state index contributed by atoms with van der Waals surface area (Å²) < 4.78 is 11.2. The number of hydrazone groups is 1. The molecule has 0 atom stereocenters. The Kier molecular flexibility index (Phi) is 6.73. The molecule has 0 saturated carbocycles. The van der Waals surface area contributed by atoms with E-state index in [1.54, 1.807) is 54.6 Å². The number of nitro groups is 1. The van der Waals surface area contributed by atoms with E-state index < -0.39 is 4.92 Å². The van der Waals surface area contributed by atoms with E-state index in [4.69, 9.17) is 9.47 Å². The van der Waals surface area contributed by atoms with Crippen LogP contribution in [0, 0.1) is 10.1 Å². The summed E-state index contributed by atoms with van der Waals surface area (Å²) >= 11 is 0. The van der Waals surface area contributed by atoms with Gasteiger partial charge < -0.3 is 9.47 Å². The van der Waals surface area contributed by atoms with E-state index in [1.165, 1.54) is 25.5 Å². The Morgan fingerprint density at radius 1 is 1.07 bits per heavy atom. The predicted molar refractivity (Wildman–Crippen MR) is 112 cm³/mol. The van der Waals surface area contributed by atoms with Gasteiger partial charge in [0.25, 0.3) is 11.6 Å². The zero-order chi connectivity index (χ0) is 21.3. The molecular formula is C22H19N3O5. The van der Waals surface area contributed by atoms with Crippen molar-refractivity contribution in [3.63, 3.8) is 0 Å². The fourth-order valence-electron chi connectivity index (χ4n) is 2.63. The number of methoxy groups -OCH3 is 1. The largest absolute Gasteiger partial charge is 0.493 e. The number of amides is 1. The summed E-state index contributed by atoms with van der Waals surface area (Å²) in [4.78, 5) is 22.4. The second-order valence-corrected chi connectivity index (χ2v) is 6.16. The zero-order valence-electron chi connectivity index (χ0n) is 16.1. The van der Waals surface area contributed by atoms with Gasteiger partial charge in [0.05, 0.1) is 18.2 Å². The molecule has 0 bridgehead atoms. The molecule has 3 aromatic rings. The molecule has 0 aliphatic heterocycles. The molecule has 0 radical (unpaired) electrons. The minimum absolute atomic E-state index is 0.0121. The van der Waals surface area contributed by atoms with Gasteiger partial charge in [-0.05, 0) is 42.0 Å². The van der Waals surface area contributed by atoms with Gasteiger partial charge in [-0.25, -0.2) is 5.43 Å². The number of nitrogens with one attached hydrogen (secondary N) is 1. The fourth-order valence-corrected chi connectivity index (χ4v) is 2.63. The number of nitrogens with zero attached hydrogens (tertiary/aromatic N) is 2.